The summed E-state index contributed by atoms with van der Waals surface area (Å²) in [5.74, 6) is 1.09. The van der Waals surface area contributed by atoms with Gasteiger partial charge in [-0.3, -0.25) is 14.6 Å². The topological polar surface area (TPSA) is 87.7 Å². The molecule has 3 N–H and O–H groups in total. The van der Waals surface area contributed by atoms with Crippen molar-refractivity contribution in [2.24, 2.45) is 0 Å². The van der Waals surface area contributed by atoms with Gasteiger partial charge >= 0.3 is 0 Å². The zero-order valence-electron chi connectivity index (χ0n) is 24.1. The van der Waals surface area contributed by atoms with E-state index in [2.05, 4.69) is 72.0 Å². The zero-order valence-corrected chi connectivity index (χ0v) is 24.1. The van der Waals surface area contributed by atoms with Crippen molar-refractivity contribution in [3.8, 4) is 5.75 Å². The first-order valence-corrected chi connectivity index (χ1v) is 14.5. The van der Waals surface area contributed by atoms with Crippen LogP contribution >= 0.6 is 0 Å². The van der Waals surface area contributed by atoms with Crippen LogP contribution in [0, 0.1) is 0 Å². The SMILES string of the molecule is CCCC(c1nc2ccc(N3CCC(c4cccc(O)c4)(N(C)C)CC3)cc2c(=O)[nH]1)N1CC(C)NC(C)C1. The molecule has 1 aromatic heterocycles. The molecule has 0 saturated carbocycles. The Balaban J connectivity index is 1.39. The summed E-state index contributed by atoms with van der Waals surface area (Å²) in [6, 6.07) is 14.7. The van der Waals surface area contributed by atoms with Gasteiger partial charge in [0.1, 0.15) is 11.6 Å². The van der Waals surface area contributed by atoms with Crippen molar-refractivity contribution < 1.29 is 5.11 Å². The van der Waals surface area contributed by atoms with E-state index < -0.39 is 0 Å². The highest BCUT2D eigenvalue weighted by Crippen LogP contribution is 2.39. The Morgan fingerprint density at radius 3 is 2.46 bits per heavy atom. The molecule has 2 fully saturated rings. The van der Waals surface area contributed by atoms with Crippen LogP contribution in [0.5, 0.6) is 5.75 Å². The predicted molar refractivity (Wildman–Crippen MR) is 159 cm³/mol. The third-order valence-electron chi connectivity index (χ3n) is 8.81. The Morgan fingerprint density at radius 2 is 1.82 bits per heavy atom. The number of nitrogens with zero attached hydrogens (tertiary/aromatic N) is 4. The molecule has 2 aromatic carbocycles. The molecule has 8 nitrogen and oxygen atoms in total. The Kier molecular flexibility index (Phi) is 7.99. The number of aromatic nitrogens is 2. The van der Waals surface area contributed by atoms with Crippen LogP contribution in [-0.2, 0) is 5.54 Å². The summed E-state index contributed by atoms with van der Waals surface area (Å²) in [6.07, 6.45) is 3.85. The lowest BCUT2D eigenvalue weighted by molar-refractivity contribution is 0.111. The average Bonchev–Trinajstić information content (AvgIpc) is 2.91. The van der Waals surface area contributed by atoms with E-state index in [-0.39, 0.29) is 17.1 Å². The third kappa shape index (κ3) is 5.55. The molecule has 0 bridgehead atoms. The van der Waals surface area contributed by atoms with Crippen molar-refractivity contribution in [1.82, 2.24) is 25.1 Å². The van der Waals surface area contributed by atoms with Crippen molar-refractivity contribution in [2.45, 2.75) is 70.1 Å². The Morgan fingerprint density at radius 1 is 1.10 bits per heavy atom. The number of hydrogen-bond acceptors (Lipinski definition) is 7. The van der Waals surface area contributed by atoms with Gasteiger partial charge in [0.25, 0.3) is 5.56 Å². The highest BCUT2D eigenvalue weighted by Gasteiger charge is 2.38. The third-order valence-corrected chi connectivity index (χ3v) is 8.81. The van der Waals surface area contributed by atoms with Crippen LogP contribution in [0.3, 0.4) is 0 Å². The predicted octanol–water partition coefficient (Wildman–Crippen LogP) is 4.21. The molecule has 210 valence electrons. The van der Waals surface area contributed by atoms with E-state index in [1.165, 1.54) is 0 Å². The number of H-pyrrole nitrogens is 1. The molecule has 2 saturated heterocycles. The number of benzene rings is 2. The Hall–Kier alpha value is -2.94. The van der Waals surface area contributed by atoms with Crippen LogP contribution in [0.4, 0.5) is 5.69 Å². The maximum atomic E-state index is 13.4. The summed E-state index contributed by atoms with van der Waals surface area (Å²) in [7, 11) is 4.23. The van der Waals surface area contributed by atoms with Crippen LogP contribution in [0.25, 0.3) is 10.9 Å². The maximum Gasteiger partial charge on any atom is 0.258 e. The fraction of sp³-hybridized carbons (Fsp3) is 0.548. The van der Waals surface area contributed by atoms with E-state index in [9.17, 15) is 9.90 Å². The van der Waals surface area contributed by atoms with E-state index in [0.717, 1.165) is 74.5 Å². The highest BCUT2D eigenvalue weighted by molar-refractivity contribution is 5.81. The monoisotopic (exact) mass is 532 g/mol. The molecular weight excluding hydrogens is 488 g/mol. The van der Waals surface area contributed by atoms with Crippen LogP contribution < -0.4 is 15.8 Å². The normalized spacial score (nSPS) is 22.9. The number of phenolic OH excluding ortho intramolecular Hbond substituents is 1. The molecule has 2 aliphatic rings. The quantitative estimate of drug-likeness (QED) is 0.420. The summed E-state index contributed by atoms with van der Waals surface area (Å²) < 4.78 is 0. The fourth-order valence-electron chi connectivity index (χ4n) is 6.81. The van der Waals surface area contributed by atoms with Gasteiger partial charge in [-0.1, -0.05) is 25.5 Å². The van der Waals surface area contributed by atoms with Gasteiger partial charge in [-0.15, -0.1) is 0 Å². The van der Waals surface area contributed by atoms with E-state index >= 15 is 0 Å². The maximum absolute atomic E-state index is 13.4. The molecule has 0 aliphatic carbocycles. The number of aromatic hydroxyl groups is 1. The standard InChI is InChI=1S/C31H44N6O2/c1-6-8-28(37-19-21(2)32-22(3)20-37)29-33-27-12-11-24(18-26(27)30(39)34-29)36-15-13-31(14-16-36,35(4)5)23-9-7-10-25(38)17-23/h7,9-12,17-18,21-22,28,32,38H,6,8,13-16,19-20H2,1-5H3,(H,33,34,39). The van der Waals surface area contributed by atoms with Gasteiger partial charge in [-0.25, -0.2) is 4.98 Å². The second-order valence-electron chi connectivity index (χ2n) is 11.8. The number of piperazine rings is 1. The van der Waals surface area contributed by atoms with Crippen molar-refractivity contribution in [2.75, 3.05) is 45.2 Å². The smallest absolute Gasteiger partial charge is 0.258 e. The molecular formula is C31H44N6O2. The number of hydrogen-bond donors (Lipinski definition) is 3. The molecule has 3 unspecified atom stereocenters. The summed E-state index contributed by atoms with van der Waals surface area (Å²) >= 11 is 0. The van der Waals surface area contributed by atoms with E-state index in [1.807, 2.05) is 24.3 Å². The zero-order chi connectivity index (χ0) is 27.7. The first-order chi connectivity index (χ1) is 18.7. The second kappa shape index (κ2) is 11.3. The first-order valence-electron chi connectivity index (χ1n) is 14.5. The van der Waals surface area contributed by atoms with Gasteiger partial charge in [0.05, 0.1) is 16.9 Å². The summed E-state index contributed by atoms with van der Waals surface area (Å²) in [6.45, 7) is 10.2. The van der Waals surface area contributed by atoms with Gasteiger partial charge in [-0.05, 0) is 83.1 Å². The number of phenols is 1. The molecule has 3 atom stereocenters. The number of fused-ring (bicyclic) bond motifs is 1. The molecule has 39 heavy (non-hydrogen) atoms. The minimum absolute atomic E-state index is 0.0615. The molecule has 0 spiro atoms. The highest BCUT2D eigenvalue weighted by atomic mass is 16.3. The first kappa shape index (κ1) is 27.6. The lowest BCUT2D eigenvalue weighted by atomic mass is 9.79. The minimum atomic E-state index is -0.132. The van der Waals surface area contributed by atoms with E-state index in [0.29, 0.717) is 23.2 Å². The number of rotatable bonds is 7. The molecule has 8 heteroatoms. The molecule has 0 radical (unpaired) electrons. The van der Waals surface area contributed by atoms with Crippen molar-refractivity contribution >= 4 is 16.6 Å². The van der Waals surface area contributed by atoms with Crippen LogP contribution in [-0.4, -0.2) is 77.2 Å². The number of anilines is 1. The largest absolute Gasteiger partial charge is 0.508 e. The van der Waals surface area contributed by atoms with Crippen LogP contribution in [0.1, 0.15) is 63.9 Å². The van der Waals surface area contributed by atoms with Gasteiger partial charge in [0, 0.05) is 49.5 Å². The molecule has 2 aliphatic heterocycles. The van der Waals surface area contributed by atoms with Gasteiger partial charge in [0.15, 0.2) is 0 Å². The van der Waals surface area contributed by atoms with Crippen molar-refractivity contribution in [3.05, 3.63) is 64.2 Å². The second-order valence-corrected chi connectivity index (χ2v) is 11.8. The van der Waals surface area contributed by atoms with Gasteiger partial charge in [-0.2, -0.15) is 0 Å². The van der Waals surface area contributed by atoms with E-state index in [4.69, 9.17) is 4.98 Å². The fourth-order valence-corrected chi connectivity index (χ4v) is 6.81. The lowest BCUT2D eigenvalue weighted by Gasteiger charge is -2.47. The lowest BCUT2D eigenvalue weighted by Crippen LogP contribution is -2.55. The molecule has 3 heterocycles. The number of aromatic amines is 1. The summed E-state index contributed by atoms with van der Waals surface area (Å²) in [5, 5.41) is 14.4. The van der Waals surface area contributed by atoms with Crippen molar-refractivity contribution in [3.63, 3.8) is 0 Å². The Labute approximate surface area is 232 Å². The van der Waals surface area contributed by atoms with Crippen LogP contribution in [0.15, 0.2) is 47.3 Å². The molecule has 5 rings (SSSR count). The van der Waals surface area contributed by atoms with Gasteiger partial charge < -0.3 is 20.3 Å². The Bertz CT molecular complexity index is 1340. The molecule has 0 amide bonds. The van der Waals surface area contributed by atoms with Crippen molar-refractivity contribution in [1.29, 1.82) is 0 Å². The van der Waals surface area contributed by atoms with E-state index in [1.54, 1.807) is 6.07 Å². The summed E-state index contributed by atoms with van der Waals surface area (Å²) in [5.41, 5.74) is 2.77. The minimum Gasteiger partial charge on any atom is -0.508 e. The average molecular weight is 533 g/mol. The van der Waals surface area contributed by atoms with Gasteiger partial charge in [0.2, 0.25) is 0 Å². The number of piperidine rings is 1. The molecule has 3 aromatic rings. The van der Waals surface area contributed by atoms with Crippen LogP contribution in [0.2, 0.25) is 0 Å². The summed E-state index contributed by atoms with van der Waals surface area (Å²) in [4.78, 5) is 28.7. The number of nitrogens with one attached hydrogen (secondary N) is 2.